The fraction of sp³-hybridized carbons (Fsp3) is 0.111. The third kappa shape index (κ3) is 4.81. The second-order valence-corrected chi connectivity index (χ2v) is 6.53. The largest absolute Gasteiger partial charge is 0.444 e. The first-order valence-electron chi connectivity index (χ1n) is 7.36. The third-order valence-corrected chi connectivity index (χ3v) is 4.35. The topological polar surface area (TPSA) is 51.2 Å². The molecular weight excluding hydrogens is 344 g/mol. The number of rotatable bonds is 5. The molecule has 122 valence electrons. The van der Waals surface area contributed by atoms with E-state index in [1.807, 2.05) is 42.5 Å². The van der Waals surface area contributed by atoms with Gasteiger partial charge in [-0.2, -0.15) is 0 Å². The molecule has 0 atom stereocenters. The molecule has 1 amide bonds. The molecule has 4 nitrogen and oxygen atoms in total. The average Bonchev–Trinajstić information content (AvgIpc) is 3.09. The minimum atomic E-state index is -0.486. The van der Waals surface area contributed by atoms with Crippen LogP contribution in [0.2, 0.25) is 5.02 Å². The van der Waals surface area contributed by atoms with Crippen molar-refractivity contribution in [2.75, 3.05) is 5.32 Å². The third-order valence-electron chi connectivity index (χ3n) is 3.35. The van der Waals surface area contributed by atoms with Gasteiger partial charge in [-0.25, -0.2) is 9.17 Å². The zero-order valence-electron chi connectivity index (χ0n) is 12.7. The van der Waals surface area contributed by atoms with Crippen LogP contribution < -0.4 is 5.32 Å². The zero-order valence-corrected chi connectivity index (χ0v) is 14.3. The van der Waals surface area contributed by atoms with E-state index in [0.717, 1.165) is 12.0 Å². The van der Waals surface area contributed by atoms with Crippen LogP contribution in [0.4, 0.5) is 10.5 Å². The first-order valence-corrected chi connectivity index (χ1v) is 8.51. The summed E-state index contributed by atoms with van der Waals surface area (Å²) in [4.78, 5) is 13.0. The molecule has 0 bridgehead atoms. The van der Waals surface area contributed by atoms with Gasteiger partial charge in [-0.3, -0.25) is 5.32 Å². The van der Waals surface area contributed by atoms with Crippen molar-refractivity contribution in [3.05, 3.63) is 81.8 Å². The Hall–Kier alpha value is -2.37. The number of carbonyl (C=O) groups excluding carboxylic acids is 1. The predicted molar refractivity (Wildman–Crippen MR) is 96.6 cm³/mol. The van der Waals surface area contributed by atoms with E-state index in [0.29, 0.717) is 10.7 Å². The molecule has 2 aromatic carbocycles. The number of anilines is 1. The number of halogens is 1. The molecule has 3 rings (SSSR count). The number of benzene rings is 2. The van der Waals surface area contributed by atoms with Crippen molar-refractivity contribution in [2.45, 2.75) is 13.0 Å². The van der Waals surface area contributed by atoms with Gasteiger partial charge >= 0.3 is 6.09 Å². The quantitative estimate of drug-likeness (QED) is 0.687. The SMILES string of the molecule is O=C(Nc1ccc(Cc2ccns2)cc1)OCc1ccc(Cl)cc1. The summed E-state index contributed by atoms with van der Waals surface area (Å²) >= 11 is 7.31. The fourth-order valence-corrected chi connectivity index (χ4v) is 2.86. The normalized spacial score (nSPS) is 10.4. The average molecular weight is 359 g/mol. The number of carbonyl (C=O) groups is 1. The molecule has 0 spiro atoms. The van der Waals surface area contributed by atoms with E-state index in [1.165, 1.54) is 22.0 Å². The van der Waals surface area contributed by atoms with E-state index in [2.05, 4.69) is 9.69 Å². The number of hydrogen-bond acceptors (Lipinski definition) is 4. The van der Waals surface area contributed by atoms with Crippen LogP contribution in [0.5, 0.6) is 0 Å². The van der Waals surface area contributed by atoms with Gasteiger partial charge in [0.25, 0.3) is 0 Å². The fourth-order valence-electron chi connectivity index (χ4n) is 2.12. The van der Waals surface area contributed by atoms with Crippen LogP contribution in [0.15, 0.2) is 60.8 Å². The summed E-state index contributed by atoms with van der Waals surface area (Å²) in [7, 11) is 0. The Morgan fingerprint density at radius 3 is 2.42 bits per heavy atom. The molecule has 0 saturated carbocycles. The Kier molecular flexibility index (Phi) is 5.46. The minimum Gasteiger partial charge on any atom is -0.444 e. The molecule has 0 aliphatic rings. The highest BCUT2D eigenvalue weighted by molar-refractivity contribution is 7.05. The van der Waals surface area contributed by atoms with Gasteiger partial charge in [0, 0.05) is 28.2 Å². The van der Waals surface area contributed by atoms with Crippen molar-refractivity contribution in [3.63, 3.8) is 0 Å². The van der Waals surface area contributed by atoms with Gasteiger partial charge in [-0.15, -0.1) is 0 Å². The predicted octanol–water partition coefficient (Wildman–Crippen LogP) is 5.14. The highest BCUT2D eigenvalue weighted by Crippen LogP contribution is 2.16. The van der Waals surface area contributed by atoms with Gasteiger partial charge in [0.2, 0.25) is 0 Å². The molecular formula is C18H15ClN2O2S. The number of nitrogens with zero attached hydrogens (tertiary/aromatic N) is 1. The van der Waals surface area contributed by atoms with Crippen LogP contribution in [0, 0.1) is 0 Å². The highest BCUT2D eigenvalue weighted by atomic mass is 35.5. The lowest BCUT2D eigenvalue weighted by molar-refractivity contribution is 0.155. The first kappa shape index (κ1) is 16.5. The van der Waals surface area contributed by atoms with Crippen molar-refractivity contribution >= 4 is 34.9 Å². The van der Waals surface area contributed by atoms with E-state index in [9.17, 15) is 4.79 Å². The maximum Gasteiger partial charge on any atom is 0.411 e. The first-order chi connectivity index (χ1) is 11.7. The van der Waals surface area contributed by atoms with Gasteiger partial charge in [-0.05, 0) is 53.0 Å². The van der Waals surface area contributed by atoms with Crippen molar-refractivity contribution in [1.29, 1.82) is 0 Å². The Balaban J connectivity index is 1.49. The van der Waals surface area contributed by atoms with Crippen LogP contribution >= 0.6 is 23.1 Å². The van der Waals surface area contributed by atoms with Crippen molar-refractivity contribution < 1.29 is 9.53 Å². The molecule has 0 fully saturated rings. The number of aromatic nitrogens is 1. The van der Waals surface area contributed by atoms with Crippen LogP contribution in [-0.2, 0) is 17.8 Å². The summed E-state index contributed by atoms with van der Waals surface area (Å²) in [6.07, 6.45) is 2.15. The molecule has 6 heteroatoms. The molecule has 24 heavy (non-hydrogen) atoms. The lowest BCUT2D eigenvalue weighted by atomic mass is 10.1. The maximum atomic E-state index is 11.8. The van der Waals surface area contributed by atoms with Crippen LogP contribution in [0.1, 0.15) is 16.0 Å². The van der Waals surface area contributed by atoms with Crippen LogP contribution in [0.3, 0.4) is 0 Å². The monoisotopic (exact) mass is 358 g/mol. The Morgan fingerprint density at radius 1 is 1.04 bits per heavy atom. The van der Waals surface area contributed by atoms with Gasteiger partial charge < -0.3 is 4.74 Å². The number of amides is 1. The second kappa shape index (κ2) is 7.95. The van der Waals surface area contributed by atoms with Crippen LogP contribution in [0.25, 0.3) is 0 Å². The van der Waals surface area contributed by atoms with E-state index in [-0.39, 0.29) is 6.61 Å². The minimum absolute atomic E-state index is 0.201. The summed E-state index contributed by atoms with van der Waals surface area (Å²) < 4.78 is 9.27. The van der Waals surface area contributed by atoms with E-state index in [1.54, 1.807) is 18.3 Å². The number of nitrogens with one attached hydrogen (secondary N) is 1. The molecule has 0 unspecified atom stereocenters. The number of ether oxygens (including phenoxy) is 1. The van der Waals surface area contributed by atoms with Crippen molar-refractivity contribution in [3.8, 4) is 0 Å². The van der Waals surface area contributed by atoms with Gasteiger partial charge in [0.05, 0.1) is 0 Å². The molecule has 0 radical (unpaired) electrons. The second-order valence-electron chi connectivity index (χ2n) is 5.18. The van der Waals surface area contributed by atoms with E-state index >= 15 is 0 Å². The molecule has 0 aliphatic carbocycles. The molecule has 1 N–H and O–H groups in total. The Morgan fingerprint density at radius 2 is 1.75 bits per heavy atom. The van der Waals surface area contributed by atoms with Crippen molar-refractivity contribution in [2.24, 2.45) is 0 Å². The smallest absolute Gasteiger partial charge is 0.411 e. The zero-order chi connectivity index (χ0) is 16.8. The summed E-state index contributed by atoms with van der Waals surface area (Å²) in [6, 6.07) is 16.9. The molecule has 0 saturated heterocycles. The van der Waals surface area contributed by atoms with E-state index < -0.39 is 6.09 Å². The lowest BCUT2D eigenvalue weighted by Gasteiger charge is -2.08. The number of hydrogen-bond donors (Lipinski definition) is 1. The highest BCUT2D eigenvalue weighted by Gasteiger charge is 2.05. The van der Waals surface area contributed by atoms with Gasteiger partial charge in [-0.1, -0.05) is 35.9 Å². The maximum absolute atomic E-state index is 11.8. The Labute approximate surface area is 149 Å². The van der Waals surface area contributed by atoms with Crippen LogP contribution in [-0.4, -0.2) is 10.5 Å². The summed E-state index contributed by atoms with van der Waals surface area (Å²) in [5.41, 5.74) is 2.75. The standard InChI is InChI=1S/C18H15ClN2O2S/c19-15-5-1-14(2-6-15)12-23-18(22)21-16-7-3-13(4-8-16)11-17-9-10-20-24-17/h1-10H,11-12H2,(H,21,22). The summed E-state index contributed by atoms with van der Waals surface area (Å²) in [5.74, 6) is 0. The molecule has 1 aromatic heterocycles. The lowest BCUT2D eigenvalue weighted by Crippen LogP contribution is -2.13. The molecule has 0 aliphatic heterocycles. The van der Waals surface area contributed by atoms with Crippen molar-refractivity contribution in [1.82, 2.24) is 4.37 Å². The Bertz CT molecular complexity index is 787. The molecule has 3 aromatic rings. The van der Waals surface area contributed by atoms with Gasteiger partial charge in [0.1, 0.15) is 6.61 Å². The molecule has 1 heterocycles. The summed E-state index contributed by atoms with van der Waals surface area (Å²) in [5, 5.41) is 3.37. The summed E-state index contributed by atoms with van der Waals surface area (Å²) in [6.45, 7) is 0.201. The van der Waals surface area contributed by atoms with Gasteiger partial charge in [0.15, 0.2) is 0 Å². The van der Waals surface area contributed by atoms with E-state index in [4.69, 9.17) is 16.3 Å².